The van der Waals surface area contributed by atoms with Crippen molar-refractivity contribution < 1.29 is 4.79 Å². The molecule has 0 aliphatic carbocycles. The summed E-state index contributed by atoms with van der Waals surface area (Å²) in [6, 6.07) is 9.94. The maximum atomic E-state index is 12.5. The molecule has 0 unspecified atom stereocenters. The zero-order valence-corrected chi connectivity index (χ0v) is 12.9. The molecule has 2 N–H and O–H groups in total. The quantitative estimate of drug-likeness (QED) is 0.885. The van der Waals surface area contributed by atoms with E-state index in [-0.39, 0.29) is 18.3 Å². The molecule has 6 heteroatoms. The van der Waals surface area contributed by atoms with Crippen LogP contribution in [0.1, 0.15) is 22.5 Å². The zero-order chi connectivity index (χ0) is 14.4. The van der Waals surface area contributed by atoms with E-state index >= 15 is 0 Å². The number of rotatable bonds is 6. The number of amides is 1. The van der Waals surface area contributed by atoms with Crippen LogP contribution in [0.15, 0.2) is 42.9 Å². The highest BCUT2D eigenvalue weighted by atomic mass is 35.5. The van der Waals surface area contributed by atoms with Gasteiger partial charge in [-0.3, -0.25) is 4.79 Å². The van der Waals surface area contributed by atoms with E-state index in [1.54, 1.807) is 22.0 Å². The molecule has 5 nitrogen and oxygen atoms in total. The second kappa shape index (κ2) is 8.44. The summed E-state index contributed by atoms with van der Waals surface area (Å²) in [6.45, 7) is 1.79. The van der Waals surface area contributed by atoms with Gasteiger partial charge in [0.2, 0.25) is 0 Å². The van der Waals surface area contributed by atoms with Gasteiger partial charge in [-0.15, -0.1) is 12.4 Å². The van der Waals surface area contributed by atoms with Gasteiger partial charge in [-0.25, -0.2) is 4.98 Å². The van der Waals surface area contributed by atoms with Crippen LogP contribution in [0.3, 0.4) is 0 Å². The first kappa shape index (κ1) is 17.2. The fourth-order valence-electron chi connectivity index (χ4n) is 2.02. The Balaban J connectivity index is 0.00000220. The minimum atomic E-state index is -0.0529. The highest BCUT2D eigenvalue weighted by molar-refractivity contribution is 5.92. The number of carbonyl (C=O) groups excluding carboxylic acids is 1. The monoisotopic (exact) mass is 308 g/mol. The van der Waals surface area contributed by atoms with Crippen LogP contribution >= 0.6 is 12.4 Å². The fraction of sp³-hybridized carbons (Fsp3) is 0.333. The molecule has 0 spiro atoms. The van der Waals surface area contributed by atoms with Crippen LogP contribution in [0.5, 0.6) is 0 Å². The Morgan fingerprint density at radius 3 is 2.62 bits per heavy atom. The SMILES string of the molecule is Cl.Cn1cnc(C(=O)N(CCCN)Cc2ccccc2)c1. The third-order valence-electron chi connectivity index (χ3n) is 3.06. The summed E-state index contributed by atoms with van der Waals surface area (Å²) in [6.07, 6.45) is 4.16. The summed E-state index contributed by atoms with van der Waals surface area (Å²) in [4.78, 5) is 18.4. The first-order valence-corrected chi connectivity index (χ1v) is 6.72. The predicted molar refractivity (Wildman–Crippen MR) is 85.3 cm³/mol. The smallest absolute Gasteiger partial charge is 0.274 e. The molecule has 1 aromatic heterocycles. The molecular formula is C15H21ClN4O. The lowest BCUT2D eigenvalue weighted by Gasteiger charge is -2.21. The zero-order valence-electron chi connectivity index (χ0n) is 12.1. The molecule has 0 bridgehead atoms. The summed E-state index contributed by atoms with van der Waals surface area (Å²) in [7, 11) is 1.85. The Bertz CT molecular complexity index is 556. The molecule has 0 atom stereocenters. The van der Waals surface area contributed by atoms with Crippen molar-refractivity contribution in [3.63, 3.8) is 0 Å². The molecule has 0 radical (unpaired) electrons. The number of carbonyl (C=O) groups is 1. The largest absolute Gasteiger partial charge is 0.340 e. The van der Waals surface area contributed by atoms with E-state index in [0.717, 1.165) is 12.0 Å². The maximum Gasteiger partial charge on any atom is 0.274 e. The Kier molecular flexibility index (Phi) is 6.91. The van der Waals surface area contributed by atoms with Crippen molar-refractivity contribution in [2.75, 3.05) is 13.1 Å². The minimum Gasteiger partial charge on any atom is -0.340 e. The standard InChI is InChI=1S/C15H20N4O.ClH/c1-18-11-14(17-12-18)15(20)19(9-5-8-16)10-13-6-3-2-4-7-13;/h2-4,6-7,11-12H,5,8-10,16H2,1H3;1H. The second-order valence-electron chi connectivity index (χ2n) is 4.78. The van der Waals surface area contributed by atoms with Crippen LogP contribution < -0.4 is 5.73 Å². The van der Waals surface area contributed by atoms with E-state index in [1.807, 2.05) is 37.4 Å². The summed E-state index contributed by atoms with van der Waals surface area (Å²) < 4.78 is 1.77. The third kappa shape index (κ3) is 4.88. The lowest BCUT2D eigenvalue weighted by atomic mass is 10.2. The van der Waals surface area contributed by atoms with Gasteiger partial charge in [0.15, 0.2) is 0 Å². The number of nitrogens with zero attached hydrogens (tertiary/aromatic N) is 3. The van der Waals surface area contributed by atoms with Crippen molar-refractivity contribution >= 4 is 18.3 Å². The normalized spacial score (nSPS) is 10.0. The molecule has 1 heterocycles. The Labute approximate surface area is 131 Å². The Morgan fingerprint density at radius 2 is 2.05 bits per heavy atom. The van der Waals surface area contributed by atoms with Crippen LogP contribution in [0.25, 0.3) is 0 Å². The summed E-state index contributed by atoms with van der Waals surface area (Å²) in [5, 5.41) is 0. The van der Waals surface area contributed by atoms with Crippen molar-refractivity contribution in [3.05, 3.63) is 54.1 Å². The summed E-state index contributed by atoms with van der Waals surface area (Å²) >= 11 is 0. The average molecular weight is 309 g/mol. The number of aromatic nitrogens is 2. The number of hydrogen-bond donors (Lipinski definition) is 1. The van der Waals surface area contributed by atoms with Crippen LogP contribution in [-0.4, -0.2) is 33.4 Å². The van der Waals surface area contributed by atoms with Gasteiger partial charge in [0.25, 0.3) is 5.91 Å². The number of benzene rings is 1. The summed E-state index contributed by atoms with van der Waals surface area (Å²) in [5.74, 6) is -0.0529. The van der Waals surface area contributed by atoms with E-state index < -0.39 is 0 Å². The Morgan fingerprint density at radius 1 is 1.33 bits per heavy atom. The molecular weight excluding hydrogens is 288 g/mol. The summed E-state index contributed by atoms with van der Waals surface area (Å²) in [5.41, 5.74) is 7.13. The molecule has 114 valence electrons. The van der Waals surface area contributed by atoms with Gasteiger partial charge in [-0.1, -0.05) is 30.3 Å². The van der Waals surface area contributed by atoms with E-state index in [0.29, 0.717) is 25.3 Å². The van der Waals surface area contributed by atoms with Crippen LogP contribution in [0, 0.1) is 0 Å². The van der Waals surface area contributed by atoms with Crippen LogP contribution in [-0.2, 0) is 13.6 Å². The van der Waals surface area contributed by atoms with Gasteiger partial charge >= 0.3 is 0 Å². The topological polar surface area (TPSA) is 64.2 Å². The second-order valence-corrected chi connectivity index (χ2v) is 4.78. The van der Waals surface area contributed by atoms with Gasteiger partial charge in [0.1, 0.15) is 5.69 Å². The molecule has 0 aliphatic rings. The molecule has 2 aromatic rings. The van der Waals surface area contributed by atoms with E-state index in [9.17, 15) is 4.79 Å². The lowest BCUT2D eigenvalue weighted by Crippen LogP contribution is -2.32. The number of halogens is 1. The molecule has 0 saturated heterocycles. The van der Waals surface area contributed by atoms with Gasteiger partial charge in [-0.2, -0.15) is 0 Å². The van der Waals surface area contributed by atoms with Gasteiger partial charge < -0.3 is 15.2 Å². The lowest BCUT2D eigenvalue weighted by molar-refractivity contribution is 0.0736. The van der Waals surface area contributed by atoms with Crippen molar-refractivity contribution in [1.29, 1.82) is 0 Å². The average Bonchev–Trinajstić information content (AvgIpc) is 2.90. The first-order valence-electron chi connectivity index (χ1n) is 6.72. The van der Waals surface area contributed by atoms with E-state index in [1.165, 1.54) is 0 Å². The number of imidazole rings is 1. The Hall–Kier alpha value is -1.85. The molecule has 1 aromatic carbocycles. The number of nitrogens with two attached hydrogens (primary N) is 1. The first-order chi connectivity index (χ1) is 9.70. The van der Waals surface area contributed by atoms with E-state index in [4.69, 9.17) is 5.73 Å². The van der Waals surface area contributed by atoms with Crippen LogP contribution in [0.2, 0.25) is 0 Å². The fourth-order valence-corrected chi connectivity index (χ4v) is 2.02. The molecule has 0 saturated carbocycles. The predicted octanol–water partition coefficient (Wildman–Crippen LogP) is 1.83. The van der Waals surface area contributed by atoms with Gasteiger partial charge in [0.05, 0.1) is 6.33 Å². The molecule has 1 amide bonds. The maximum absolute atomic E-state index is 12.5. The molecule has 0 aliphatic heterocycles. The van der Waals surface area contributed by atoms with E-state index in [2.05, 4.69) is 4.98 Å². The molecule has 0 fully saturated rings. The van der Waals surface area contributed by atoms with Crippen molar-refractivity contribution in [2.24, 2.45) is 12.8 Å². The van der Waals surface area contributed by atoms with Crippen molar-refractivity contribution in [2.45, 2.75) is 13.0 Å². The highest BCUT2D eigenvalue weighted by Crippen LogP contribution is 2.09. The van der Waals surface area contributed by atoms with Gasteiger partial charge in [0, 0.05) is 26.3 Å². The third-order valence-corrected chi connectivity index (χ3v) is 3.06. The van der Waals surface area contributed by atoms with Crippen molar-refractivity contribution in [1.82, 2.24) is 14.5 Å². The number of hydrogen-bond acceptors (Lipinski definition) is 3. The number of aryl methyl sites for hydroxylation is 1. The minimum absolute atomic E-state index is 0. The van der Waals surface area contributed by atoms with Crippen LogP contribution in [0.4, 0.5) is 0 Å². The molecule has 2 rings (SSSR count). The molecule has 21 heavy (non-hydrogen) atoms. The van der Waals surface area contributed by atoms with Crippen molar-refractivity contribution in [3.8, 4) is 0 Å². The highest BCUT2D eigenvalue weighted by Gasteiger charge is 2.17. The van der Waals surface area contributed by atoms with Gasteiger partial charge in [-0.05, 0) is 18.5 Å².